The number of hydrogen-bond donors (Lipinski definition) is 2. The number of ether oxygens (including phenoxy) is 2. The van der Waals surface area contributed by atoms with Gasteiger partial charge in [0.15, 0.2) is 6.10 Å². The second-order valence-corrected chi connectivity index (χ2v) is 6.14. The Morgan fingerprint density at radius 2 is 2.03 bits per heavy atom. The highest BCUT2D eigenvalue weighted by Gasteiger charge is 2.23. The summed E-state index contributed by atoms with van der Waals surface area (Å²) < 4.78 is 10.1. The molecule has 0 fully saturated rings. The van der Waals surface area contributed by atoms with Gasteiger partial charge in [0.1, 0.15) is 0 Å². The van der Waals surface area contributed by atoms with Crippen LogP contribution in [0.15, 0.2) is 42.5 Å². The zero-order chi connectivity index (χ0) is 22.1. The SMILES string of the molecule is COCCNc1ccc([N+](=O)[O-])cc1C(=O)O[C@@H](C)C(=O)Nc1cccc(C#N)c1. The van der Waals surface area contributed by atoms with Gasteiger partial charge in [-0.3, -0.25) is 14.9 Å². The van der Waals surface area contributed by atoms with Crippen LogP contribution in [0, 0.1) is 21.4 Å². The van der Waals surface area contributed by atoms with Gasteiger partial charge in [-0.1, -0.05) is 6.07 Å². The fraction of sp³-hybridized carbons (Fsp3) is 0.250. The maximum atomic E-state index is 12.6. The van der Waals surface area contributed by atoms with Crippen molar-refractivity contribution in [3.63, 3.8) is 0 Å². The highest BCUT2D eigenvalue weighted by atomic mass is 16.6. The number of nitriles is 1. The first-order valence-electron chi connectivity index (χ1n) is 8.89. The van der Waals surface area contributed by atoms with Crippen LogP contribution in [-0.2, 0) is 14.3 Å². The van der Waals surface area contributed by atoms with Gasteiger partial charge in [-0.2, -0.15) is 5.26 Å². The average Bonchev–Trinajstić information content (AvgIpc) is 2.73. The minimum Gasteiger partial charge on any atom is -0.449 e. The van der Waals surface area contributed by atoms with Gasteiger partial charge in [-0.15, -0.1) is 0 Å². The highest BCUT2D eigenvalue weighted by molar-refractivity contribution is 6.00. The predicted octanol–water partition coefficient (Wildman–Crippen LogP) is 2.71. The van der Waals surface area contributed by atoms with Gasteiger partial charge in [0.2, 0.25) is 0 Å². The molecule has 2 aromatic rings. The Morgan fingerprint density at radius 3 is 2.70 bits per heavy atom. The van der Waals surface area contributed by atoms with Crippen LogP contribution in [0.25, 0.3) is 0 Å². The molecule has 0 bridgehead atoms. The first kappa shape index (κ1) is 22.3. The third-order valence-corrected chi connectivity index (χ3v) is 3.97. The molecule has 2 aromatic carbocycles. The lowest BCUT2D eigenvalue weighted by atomic mass is 10.1. The van der Waals surface area contributed by atoms with Crippen LogP contribution in [0.4, 0.5) is 17.1 Å². The summed E-state index contributed by atoms with van der Waals surface area (Å²) in [6, 6.07) is 11.9. The number of carbonyl (C=O) groups is 2. The van der Waals surface area contributed by atoms with Crippen molar-refractivity contribution in [1.82, 2.24) is 0 Å². The lowest BCUT2D eigenvalue weighted by Gasteiger charge is -2.16. The van der Waals surface area contributed by atoms with Crippen LogP contribution >= 0.6 is 0 Å². The van der Waals surface area contributed by atoms with E-state index in [0.717, 1.165) is 6.07 Å². The summed E-state index contributed by atoms with van der Waals surface area (Å²) in [5.74, 6) is -1.51. The smallest absolute Gasteiger partial charge is 0.341 e. The molecule has 0 saturated carbocycles. The molecule has 10 nitrogen and oxygen atoms in total. The molecule has 0 radical (unpaired) electrons. The number of carbonyl (C=O) groups excluding carboxylic acids is 2. The van der Waals surface area contributed by atoms with E-state index in [4.69, 9.17) is 14.7 Å². The maximum absolute atomic E-state index is 12.6. The Balaban J connectivity index is 2.14. The van der Waals surface area contributed by atoms with E-state index in [1.54, 1.807) is 18.2 Å². The van der Waals surface area contributed by atoms with Gasteiger partial charge in [0.05, 0.1) is 28.7 Å². The third-order valence-electron chi connectivity index (χ3n) is 3.97. The summed E-state index contributed by atoms with van der Waals surface area (Å²) in [5, 5.41) is 25.5. The number of nitrogens with one attached hydrogen (secondary N) is 2. The van der Waals surface area contributed by atoms with Crippen molar-refractivity contribution in [2.75, 3.05) is 30.9 Å². The Bertz CT molecular complexity index is 986. The van der Waals surface area contributed by atoms with E-state index in [-0.39, 0.29) is 11.3 Å². The molecule has 0 saturated heterocycles. The minimum absolute atomic E-state index is 0.0774. The van der Waals surface area contributed by atoms with Crippen LogP contribution in [-0.4, -0.2) is 43.2 Å². The number of non-ortho nitro benzene ring substituents is 1. The van der Waals surface area contributed by atoms with Crippen molar-refractivity contribution in [2.24, 2.45) is 0 Å². The number of anilines is 2. The Labute approximate surface area is 172 Å². The molecule has 1 atom stereocenters. The van der Waals surface area contributed by atoms with Gasteiger partial charge in [-0.25, -0.2) is 4.79 Å². The zero-order valence-electron chi connectivity index (χ0n) is 16.4. The van der Waals surface area contributed by atoms with Crippen LogP contribution in [0.5, 0.6) is 0 Å². The zero-order valence-corrected chi connectivity index (χ0v) is 16.4. The van der Waals surface area contributed by atoms with E-state index in [1.807, 2.05) is 6.07 Å². The number of benzene rings is 2. The maximum Gasteiger partial charge on any atom is 0.341 e. The van der Waals surface area contributed by atoms with E-state index in [2.05, 4.69) is 10.6 Å². The average molecular weight is 412 g/mol. The number of nitro benzene ring substituents is 1. The number of amides is 1. The molecule has 0 aliphatic heterocycles. The number of rotatable bonds is 9. The molecule has 0 unspecified atom stereocenters. The molecule has 156 valence electrons. The van der Waals surface area contributed by atoms with Crippen LogP contribution < -0.4 is 10.6 Å². The van der Waals surface area contributed by atoms with Gasteiger partial charge in [0.25, 0.3) is 11.6 Å². The topological polar surface area (TPSA) is 144 Å². The quantitative estimate of drug-likeness (QED) is 0.277. The lowest BCUT2D eigenvalue weighted by Crippen LogP contribution is -2.30. The fourth-order valence-corrected chi connectivity index (χ4v) is 2.44. The van der Waals surface area contributed by atoms with Crippen molar-refractivity contribution >= 4 is 28.9 Å². The summed E-state index contributed by atoms with van der Waals surface area (Å²) in [4.78, 5) is 35.4. The predicted molar refractivity (Wildman–Crippen MR) is 108 cm³/mol. The third kappa shape index (κ3) is 6.02. The Hall–Kier alpha value is -3.97. The summed E-state index contributed by atoms with van der Waals surface area (Å²) in [6.07, 6.45) is -1.19. The second-order valence-electron chi connectivity index (χ2n) is 6.14. The van der Waals surface area contributed by atoms with Crippen molar-refractivity contribution in [1.29, 1.82) is 5.26 Å². The van der Waals surface area contributed by atoms with E-state index >= 15 is 0 Å². The molecule has 0 spiro atoms. The van der Waals surface area contributed by atoms with Crippen LogP contribution in [0.2, 0.25) is 0 Å². The lowest BCUT2D eigenvalue weighted by molar-refractivity contribution is -0.384. The van der Waals surface area contributed by atoms with Gasteiger partial charge >= 0.3 is 5.97 Å². The number of nitro groups is 1. The molecule has 2 rings (SSSR count). The Kier molecular flexibility index (Phi) is 7.84. The van der Waals surface area contributed by atoms with Gasteiger partial charge < -0.3 is 20.1 Å². The first-order chi connectivity index (χ1) is 14.3. The summed E-state index contributed by atoms with van der Waals surface area (Å²) in [5.41, 5.74) is 0.688. The summed E-state index contributed by atoms with van der Waals surface area (Å²) in [6.45, 7) is 2.09. The molecule has 10 heteroatoms. The van der Waals surface area contributed by atoms with E-state index in [0.29, 0.717) is 30.1 Å². The van der Waals surface area contributed by atoms with Crippen molar-refractivity contribution < 1.29 is 24.0 Å². The monoisotopic (exact) mass is 412 g/mol. The van der Waals surface area contributed by atoms with Crippen LogP contribution in [0.3, 0.4) is 0 Å². The number of hydrogen-bond acceptors (Lipinski definition) is 8. The van der Waals surface area contributed by atoms with Crippen molar-refractivity contribution in [2.45, 2.75) is 13.0 Å². The summed E-state index contributed by atoms with van der Waals surface area (Å²) >= 11 is 0. The molecule has 0 aliphatic rings. The fourth-order valence-electron chi connectivity index (χ4n) is 2.44. The Morgan fingerprint density at radius 1 is 1.27 bits per heavy atom. The van der Waals surface area contributed by atoms with Crippen LogP contribution in [0.1, 0.15) is 22.8 Å². The number of methoxy groups -OCH3 is 1. The number of esters is 1. The van der Waals surface area contributed by atoms with Gasteiger partial charge in [-0.05, 0) is 31.2 Å². The molecule has 1 amide bonds. The van der Waals surface area contributed by atoms with Crippen molar-refractivity contribution in [3.8, 4) is 6.07 Å². The molecule has 0 aliphatic carbocycles. The minimum atomic E-state index is -1.19. The van der Waals surface area contributed by atoms with Crippen molar-refractivity contribution in [3.05, 3.63) is 63.7 Å². The largest absolute Gasteiger partial charge is 0.449 e. The normalized spacial score (nSPS) is 11.1. The first-order valence-corrected chi connectivity index (χ1v) is 8.89. The van der Waals surface area contributed by atoms with Gasteiger partial charge in [0, 0.05) is 37.2 Å². The second kappa shape index (κ2) is 10.5. The molecule has 30 heavy (non-hydrogen) atoms. The standard InChI is InChI=1S/C20H20N4O6/c1-13(19(25)23-15-5-3-4-14(10-15)12-21)30-20(26)17-11-16(24(27)28)6-7-18(17)22-8-9-29-2/h3-7,10-11,13,22H,8-9H2,1-2H3,(H,23,25)/t13-/m0/s1. The van der Waals surface area contributed by atoms with E-state index in [1.165, 1.54) is 32.2 Å². The number of nitrogens with zero attached hydrogens (tertiary/aromatic N) is 2. The molecular weight excluding hydrogens is 392 g/mol. The highest BCUT2D eigenvalue weighted by Crippen LogP contribution is 2.23. The molecule has 2 N–H and O–H groups in total. The summed E-state index contributed by atoms with van der Waals surface area (Å²) in [7, 11) is 1.51. The van der Waals surface area contributed by atoms with E-state index in [9.17, 15) is 19.7 Å². The van der Waals surface area contributed by atoms with E-state index < -0.39 is 22.9 Å². The molecule has 0 aromatic heterocycles. The molecule has 0 heterocycles. The molecular formula is C20H20N4O6.